The molecule has 2 aromatic carbocycles. The molecule has 2 aliphatic heterocycles. The Balaban J connectivity index is 1.14. The van der Waals surface area contributed by atoms with Crippen LogP contribution in [0.15, 0.2) is 48.5 Å². The van der Waals surface area contributed by atoms with E-state index in [1.807, 2.05) is 17.0 Å². The fourth-order valence-electron chi connectivity index (χ4n) is 4.93. The number of alkyl halides is 3. The summed E-state index contributed by atoms with van der Waals surface area (Å²) in [5, 5.41) is 3.49. The lowest BCUT2D eigenvalue weighted by Gasteiger charge is -2.37. The highest BCUT2D eigenvalue weighted by atomic mass is 19.4. The Bertz CT molecular complexity index is 1060. The van der Waals surface area contributed by atoms with Crippen LogP contribution in [0.1, 0.15) is 42.1 Å². The number of hydrogen-bond acceptors (Lipinski definition) is 6. The van der Waals surface area contributed by atoms with Crippen LogP contribution in [0.2, 0.25) is 0 Å². The summed E-state index contributed by atoms with van der Waals surface area (Å²) in [4.78, 5) is 30.8. The number of amides is 1. The topological polar surface area (TPSA) is 65.1 Å². The average Bonchev–Trinajstić information content (AvgIpc) is 2.92. The second-order valence-electron chi connectivity index (χ2n) is 9.72. The summed E-state index contributed by atoms with van der Waals surface area (Å²) in [6.45, 7) is 7.21. The molecular weight excluding hydrogens is 497 g/mol. The van der Waals surface area contributed by atoms with Crippen molar-refractivity contribution in [3.05, 3.63) is 59.7 Å². The van der Waals surface area contributed by atoms with Crippen LogP contribution >= 0.6 is 0 Å². The molecule has 2 heterocycles. The number of nitrogens with one attached hydrogen (secondary N) is 1. The largest absolute Gasteiger partial charge is 0.462 e. The second-order valence-corrected chi connectivity index (χ2v) is 9.72. The van der Waals surface area contributed by atoms with Gasteiger partial charge in [0, 0.05) is 69.7 Å². The number of ether oxygens (including phenoxy) is 1. The van der Waals surface area contributed by atoms with E-state index >= 15 is 0 Å². The number of nitrogens with zero attached hydrogens (tertiary/aromatic N) is 3. The summed E-state index contributed by atoms with van der Waals surface area (Å²) in [6.07, 6.45) is -2.14. The van der Waals surface area contributed by atoms with E-state index in [9.17, 15) is 22.8 Å². The summed E-state index contributed by atoms with van der Waals surface area (Å²) in [5.74, 6) is -0.167. The van der Waals surface area contributed by atoms with Crippen molar-refractivity contribution in [1.82, 2.24) is 9.80 Å². The summed E-state index contributed by atoms with van der Waals surface area (Å²) >= 11 is 0. The Morgan fingerprint density at radius 1 is 0.921 bits per heavy atom. The van der Waals surface area contributed by atoms with E-state index in [1.54, 1.807) is 19.1 Å². The van der Waals surface area contributed by atoms with Crippen molar-refractivity contribution >= 4 is 23.3 Å². The summed E-state index contributed by atoms with van der Waals surface area (Å²) < 4.78 is 43.4. The van der Waals surface area contributed by atoms with E-state index in [1.165, 1.54) is 12.1 Å². The molecule has 7 nitrogen and oxygen atoms in total. The first-order valence-corrected chi connectivity index (χ1v) is 13.2. The summed E-state index contributed by atoms with van der Waals surface area (Å²) in [5.41, 5.74) is 1.63. The molecule has 2 aliphatic rings. The van der Waals surface area contributed by atoms with Crippen LogP contribution in [0.5, 0.6) is 0 Å². The molecule has 0 bridgehead atoms. The molecule has 2 saturated heterocycles. The fraction of sp³-hybridized carbons (Fsp3) is 0.500. The molecule has 0 aromatic heterocycles. The number of hydrogen-bond donors (Lipinski definition) is 1. The SMILES string of the molecule is CCOC(=O)c1ccc(NC2CCN(C(=O)CCN3CCN(c4ccc(C(F)(F)F)cc4)CC3)CC2)cc1. The maximum Gasteiger partial charge on any atom is 0.416 e. The number of piperidine rings is 1. The smallest absolute Gasteiger partial charge is 0.416 e. The van der Waals surface area contributed by atoms with Gasteiger partial charge in [0.1, 0.15) is 0 Å². The van der Waals surface area contributed by atoms with E-state index in [0.717, 1.165) is 62.5 Å². The molecule has 206 valence electrons. The van der Waals surface area contributed by atoms with Gasteiger partial charge in [-0.25, -0.2) is 4.79 Å². The van der Waals surface area contributed by atoms with E-state index in [4.69, 9.17) is 4.74 Å². The lowest BCUT2D eigenvalue weighted by atomic mass is 10.0. The van der Waals surface area contributed by atoms with Crippen molar-refractivity contribution in [3.63, 3.8) is 0 Å². The maximum atomic E-state index is 12.8. The normalized spacial score (nSPS) is 17.4. The number of halogens is 3. The predicted octanol–water partition coefficient (Wildman–Crippen LogP) is 4.50. The minimum absolute atomic E-state index is 0.160. The minimum atomic E-state index is -4.32. The maximum absolute atomic E-state index is 12.8. The Kier molecular flexibility index (Phi) is 9.14. The molecule has 2 fully saturated rings. The molecule has 0 radical (unpaired) electrons. The zero-order valence-electron chi connectivity index (χ0n) is 21.7. The summed E-state index contributed by atoms with van der Waals surface area (Å²) in [7, 11) is 0. The van der Waals surface area contributed by atoms with Gasteiger partial charge in [0.25, 0.3) is 0 Å². The number of benzene rings is 2. The molecule has 1 amide bonds. The van der Waals surface area contributed by atoms with Crippen LogP contribution in [0, 0.1) is 0 Å². The van der Waals surface area contributed by atoms with Gasteiger partial charge in [0.2, 0.25) is 5.91 Å². The molecule has 0 atom stereocenters. The van der Waals surface area contributed by atoms with E-state index in [0.29, 0.717) is 38.2 Å². The third kappa shape index (κ3) is 7.40. The van der Waals surface area contributed by atoms with Crippen molar-refractivity contribution in [1.29, 1.82) is 0 Å². The number of piperazine rings is 1. The highest BCUT2D eigenvalue weighted by Gasteiger charge is 2.30. The van der Waals surface area contributed by atoms with Gasteiger partial charge in [-0.15, -0.1) is 0 Å². The Labute approximate surface area is 221 Å². The van der Waals surface area contributed by atoms with Crippen molar-refractivity contribution < 1.29 is 27.5 Å². The van der Waals surface area contributed by atoms with Crippen LogP contribution in [0.25, 0.3) is 0 Å². The highest BCUT2D eigenvalue weighted by Crippen LogP contribution is 2.30. The van der Waals surface area contributed by atoms with E-state index < -0.39 is 11.7 Å². The number of carbonyl (C=O) groups is 2. The molecule has 0 unspecified atom stereocenters. The van der Waals surface area contributed by atoms with Gasteiger partial charge >= 0.3 is 12.1 Å². The van der Waals surface area contributed by atoms with Crippen LogP contribution in [-0.2, 0) is 15.7 Å². The third-order valence-electron chi connectivity index (χ3n) is 7.19. The molecule has 38 heavy (non-hydrogen) atoms. The first-order chi connectivity index (χ1) is 18.2. The van der Waals surface area contributed by atoms with Crippen molar-refractivity contribution in [2.75, 3.05) is 62.6 Å². The monoisotopic (exact) mass is 532 g/mol. The minimum Gasteiger partial charge on any atom is -0.462 e. The standard InChI is InChI=1S/C28H35F3N4O3/c1-2-38-27(37)21-3-7-23(8-4-21)32-24-11-15-35(16-12-24)26(36)13-14-33-17-19-34(20-18-33)25-9-5-22(6-10-25)28(29,30)31/h3-10,24,32H,2,11-20H2,1H3. The van der Waals surface area contributed by atoms with Crippen LogP contribution < -0.4 is 10.2 Å². The van der Waals surface area contributed by atoms with Gasteiger partial charge in [-0.2, -0.15) is 13.2 Å². The Morgan fingerprint density at radius 3 is 2.13 bits per heavy atom. The van der Waals surface area contributed by atoms with E-state index in [-0.39, 0.29) is 17.9 Å². The molecule has 1 N–H and O–H groups in total. The number of esters is 1. The Morgan fingerprint density at radius 2 is 1.55 bits per heavy atom. The molecule has 10 heteroatoms. The average molecular weight is 533 g/mol. The van der Waals surface area contributed by atoms with E-state index in [2.05, 4.69) is 15.1 Å². The second kappa shape index (κ2) is 12.5. The zero-order chi connectivity index (χ0) is 27.1. The fourth-order valence-corrected chi connectivity index (χ4v) is 4.93. The van der Waals surface area contributed by atoms with Gasteiger partial charge in [-0.05, 0) is 68.3 Å². The first-order valence-electron chi connectivity index (χ1n) is 13.2. The van der Waals surface area contributed by atoms with Crippen molar-refractivity contribution in [2.45, 2.75) is 38.4 Å². The zero-order valence-corrected chi connectivity index (χ0v) is 21.7. The quantitative estimate of drug-likeness (QED) is 0.506. The number of anilines is 2. The molecule has 0 aliphatic carbocycles. The van der Waals surface area contributed by atoms with Crippen LogP contribution in [0.3, 0.4) is 0 Å². The van der Waals surface area contributed by atoms with Crippen molar-refractivity contribution in [2.24, 2.45) is 0 Å². The van der Waals surface area contributed by atoms with Crippen molar-refractivity contribution in [3.8, 4) is 0 Å². The van der Waals surface area contributed by atoms with Gasteiger partial charge in [0.05, 0.1) is 17.7 Å². The van der Waals surface area contributed by atoms with Gasteiger partial charge in [-0.1, -0.05) is 0 Å². The summed E-state index contributed by atoms with van der Waals surface area (Å²) in [6, 6.07) is 12.8. The van der Waals surface area contributed by atoms with Gasteiger partial charge in [-0.3, -0.25) is 9.69 Å². The van der Waals surface area contributed by atoms with Gasteiger partial charge in [0.15, 0.2) is 0 Å². The number of likely N-dealkylation sites (tertiary alicyclic amines) is 1. The predicted molar refractivity (Wildman–Crippen MR) is 140 cm³/mol. The molecular formula is C28H35F3N4O3. The van der Waals surface area contributed by atoms with Crippen LogP contribution in [-0.4, -0.2) is 80.1 Å². The highest BCUT2D eigenvalue weighted by molar-refractivity contribution is 5.89. The van der Waals surface area contributed by atoms with Gasteiger partial charge < -0.3 is 19.9 Å². The third-order valence-corrected chi connectivity index (χ3v) is 7.19. The molecule has 0 saturated carbocycles. The first kappa shape index (κ1) is 27.8. The lowest BCUT2D eigenvalue weighted by Crippen LogP contribution is -2.48. The number of rotatable bonds is 8. The molecule has 2 aromatic rings. The number of carbonyl (C=O) groups excluding carboxylic acids is 2. The lowest BCUT2D eigenvalue weighted by molar-refractivity contribution is -0.137. The van der Waals surface area contributed by atoms with Crippen LogP contribution in [0.4, 0.5) is 24.5 Å². The Hall–Kier alpha value is -3.27. The molecule has 4 rings (SSSR count). The molecule has 0 spiro atoms.